The average molecular weight is 828 g/mol. The minimum absolute atomic E-state index is 0.0856. The summed E-state index contributed by atoms with van der Waals surface area (Å²) < 4.78 is 33.7. The van der Waals surface area contributed by atoms with Gasteiger partial charge in [0, 0.05) is 18.8 Å². The van der Waals surface area contributed by atoms with Crippen LogP contribution in [0.3, 0.4) is 0 Å². The Morgan fingerprint density at radius 1 is 0.807 bits per heavy atom. The van der Waals surface area contributed by atoms with Crippen molar-refractivity contribution < 1.29 is 57.4 Å². The van der Waals surface area contributed by atoms with Crippen LogP contribution >= 0.6 is 7.82 Å². The van der Waals surface area contributed by atoms with Crippen LogP contribution in [0.4, 0.5) is 0 Å². The second kappa shape index (κ2) is 31.7. The number of rotatable bonds is 34. The van der Waals surface area contributed by atoms with Crippen LogP contribution < -0.4 is 4.89 Å². The molecule has 13 heteroatoms. The van der Waals surface area contributed by atoms with Crippen molar-refractivity contribution in [2.45, 2.75) is 160 Å². The van der Waals surface area contributed by atoms with Gasteiger partial charge in [0.15, 0.2) is 6.10 Å². The number of hydrogen-bond donors (Lipinski definition) is 3. The van der Waals surface area contributed by atoms with Gasteiger partial charge in [0.25, 0.3) is 7.82 Å². The largest absolute Gasteiger partial charge is 0.756 e. The van der Waals surface area contributed by atoms with Gasteiger partial charge in [-0.3, -0.25) is 14.2 Å². The second-order valence-electron chi connectivity index (χ2n) is 16.3. The lowest BCUT2D eigenvalue weighted by atomic mass is 9.89. The third-order valence-corrected chi connectivity index (χ3v) is 10.9. The van der Waals surface area contributed by atoms with Crippen molar-refractivity contribution in [1.29, 1.82) is 0 Å². The standard InChI is InChI=1S/C44H78NO11P/c1-6-8-10-11-12-13-14-15-16-17-18-19-20-21-23-29-44(50)56-38(36-55-57(51,52)54-33-32-45(3,4)5)35-53-43(49)28-25-24-27-39-40(42(48)34-41(39)47)31-30-37(46)26-22-9-7-2/h12-13,15-16,24-25,30-31,37-42,46-48H,6-11,14,17-23,26-29,32-36H2,1-5H3/b13-12-,16-15-,25-24-,31-30+/t37-,38-,39+,40-,41+,42-/m1/s1. The van der Waals surface area contributed by atoms with E-state index in [9.17, 15) is 34.4 Å². The van der Waals surface area contributed by atoms with E-state index < -0.39 is 57.4 Å². The number of nitrogens with zero attached hydrogens (tertiary/aromatic N) is 1. The molecule has 1 rings (SSSR count). The van der Waals surface area contributed by atoms with Gasteiger partial charge in [-0.15, -0.1) is 0 Å². The number of phosphoric ester groups is 1. The fraction of sp³-hybridized carbons (Fsp3) is 0.773. The van der Waals surface area contributed by atoms with E-state index in [-0.39, 0.29) is 37.7 Å². The number of aliphatic hydroxyl groups excluding tert-OH is 3. The normalized spacial score (nSPS) is 21.2. The lowest BCUT2D eigenvalue weighted by Gasteiger charge is -2.28. The number of aliphatic hydroxyl groups is 3. The van der Waals surface area contributed by atoms with Gasteiger partial charge in [0.1, 0.15) is 19.8 Å². The molecule has 0 aromatic carbocycles. The van der Waals surface area contributed by atoms with E-state index in [1.165, 1.54) is 19.3 Å². The first-order valence-corrected chi connectivity index (χ1v) is 23.1. The Bertz CT molecular complexity index is 1230. The lowest BCUT2D eigenvalue weighted by Crippen LogP contribution is -2.37. The molecule has 0 aromatic heterocycles. The van der Waals surface area contributed by atoms with Crippen molar-refractivity contribution in [3.05, 3.63) is 48.6 Å². The second-order valence-corrected chi connectivity index (χ2v) is 17.7. The highest BCUT2D eigenvalue weighted by atomic mass is 31.2. The van der Waals surface area contributed by atoms with Crippen molar-refractivity contribution in [3.63, 3.8) is 0 Å². The fourth-order valence-electron chi connectivity index (χ4n) is 6.42. The van der Waals surface area contributed by atoms with Gasteiger partial charge >= 0.3 is 11.9 Å². The minimum Gasteiger partial charge on any atom is -0.756 e. The number of allylic oxidation sites excluding steroid dienone is 5. The summed E-state index contributed by atoms with van der Waals surface area (Å²) in [6.45, 7) is 3.68. The highest BCUT2D eigenvalue weighted by molar-refractivity contribution is 7.45. The number of unbranched alkanes of at least 4 members (excludes halogenated alkanes) is 10. The monoisotopic (exact) mass is 828 g/mol. The predicted octanol–water partition coefficient (Wildman–Crippen LogP) is 7.65. The van der Waals surface area contributed by atoms with Crippen LogP contribution in [0.15, 0.2) is 48.6 Å². The molecule has 1 fully saturated rings. The summed E-state index contributed by atoms with van der Waals surface area (Å²) in [5, 5.41) is 31.4. The maximum atomic E-state index is 12.7. The maximum Gasteiger partial charge on any atom is 0.309 e. The van der Waals surface area contributed by atoms with Crippen molar-refractivity contribution in [3.8, 4) is 0 Å². The number of quaternary nitrogens is 1. The number of carbonyl (C=O) groups excluding carboxylic acids is 2. The zero-order valence-corrected chi connectivity index (χ0v) is 36.7. The first-order chi connectivity index (χ1) is 27.2. The molecule has 7 atom stereocenters. The van der Waals surface area contributed by atoms with Gasteiger partial charge in [-0.1, -0.05) is 114 Å². The Morgan fingerprint density at radius 3 is 2.14 bits per heavy atom. The zero-order chi connectivity index (χ0) is 42.4. The summed E-state index contributed by atoms with van der Waals surface area (Å²) in [7, 11) is 0.978. The smallest absolute Gasteiger partial charge is 0.309 e. The Kier molecular flexibility index (Phi) is 29.4. The van der Waals surface area contributed by atoms with Gasteiger partial charge < -0.3 is 43.2 Å². The van der Waals surface area contributed by atoms with Gasteiger partial charge in [-0.2, -0.15) is 0 Å². The number of hydrogen-bond acceptors (Lipinski definition) is 11. The number of phosphoric acid groups is 1. The SMILES string of the molecule is CCCCC/C=C\C/C=C\CCCCCCCC(=O)O[C@H](COC(=O)C/C=C\C[C@H]1[C@@H](/C=C/[C@H](O)CCCCC)[C@H](O)C[C@@H]1O)COP(=O)([O-])OCC[N+](C)(C)C. The zero-order valence-electron chi connectivity index (χ0n) is 35.8. The van der Waals surface area contributed by atoms with Crippen LogP contribution in [-0.2, 0) is 32.7 Å². The molecular formula is C44H78NO11P. The van der Waals surface area contributed by atoms with E-state index in [1.54, 1.807) is 24.3 Å². The summed E-state index contributed by atoms with van der Waals surface area (Å²) in [5.41, 5.74) is 0. The summed E-state index contributed by atoms with van der Waals surface area (Å²) in [6, 6.07) is 0. The molecule has 1 aliphatic carbocycles. The maximum absolute atomic E-state index is 12.7. The molecule has 1 aliphatic rings. The minimum atomic E-state index is -4.71. The first-order valence-electron chi connectivity index (χ1n) is 21.6. The van der Waals surface area contributed by atoms with Crippen molar-refractivity contribution in [1.82, 2.24) is 0 Å². The van der Waals surface area contributed by atoms with Crippen LogP contribution in [0.5, 0.6) is 0 Å². The van der Waals surface area contributed by atoms with E-state index >= 15 is 0 Å². The van der Waals surface area contributed by atoms with Crippen LogP contribution in [0, 0.1) is 11.8 Å². The van der Waals surface area contributed by atoms with Gasteiger partial charge in [-0.05, 0) is 57.3 Å². The third-order valence-electron chi connectivity index (χ3n) is 9.92. The molecule has 57 heavy (non-hydrogen) atoms. The molecule has 0 bridgehead atoms. The molecule has 0 saturated heterocycles. The molecule has 0 amide bonds. The summed E-state index contributed by atoms with van der Waals surface area (Å²) in [5.74, 6) is -1.76. The first kappa shape index (κ1) is 52.9. The van der Waals surface area contributed by atoms with Crippen LogP contribution in [0.2, 0.25) is 0 Å². The Hall–Kier alpha value is -2.15. The molecule has 1 unspecified atom stereocenters. The Balaban J connectivity index is 2.58. The van der Waals surface area contributed by atoms with Gasteiger partial charge in [0.05, 0.1) is 52.5 Å². The quantitative estimate of drug-likeness (QED) is 0.0191. The van der Waals surface area contributed by atoms with E-state index in [2.05, 4.69) is 38.2 Å². The predicted molar refractivity (Wildman–Crippen MR) is 224 cm³/mol. The van der Waals surface area contributed by atoms with Crippen LogP contribution in [0.1, 0.15) is 136 Å². The molecule has 0 heterocycles. The molecule has 330 valence electrons. The molecule has 0 spiro atoms. The summed E-state index contributed by atoms with van der Waals surface area (Å²) in [6.07, 6.45) is 28.4. The molecule has 12 nitrogen and oxygen atoms in total. The third kappa shape index (κ3) is 28.8. The Labute approximate surface area is 344 Å². The summed E-state index contributed by atoms with van der Waals surface area (Å²) >= 11 is 0. The number of esters is 2. The Morgan fingerprint density at radius 2 is 1.46 bits per heavy atom. The van der Waals surface area contributed by atoms with Crippen molar-refractivity contribution >= 4 is 19.8 Å². The molecule has 3 N–H and O–H groups in total. The van der Waals surface area contributed by atoms with Crippen LogP contribution in [0.25, 0.3) is 0 Å². The van der Waals surface area contributed by atoms with E-state index in [0.29, 0.717) is 30.3 Å². The van der Waals surface area contributed by atoms with E-state index in [1.807, 2.05) is 21.1 Å². The average Bonchev–Trinajstić information content (AvgIpc) is 3.42. The molecule has 0 radical (unpaired) electrons. The fourth-order valence-corrected chi connectivity index (χ4v) is 7.15. The van der Waals surface area contributed by atoms with E-state index in [4.69, 9.17) is 18.5 Å². The lowest BCUT2D eigenvalue weighted by molar-refractivity contribution is -0.870. The number of carbonyl (C=O) groups is 2. The number of likely N-dealkylation sites (N-methyl/N-ethyl adjacent to an activating group) is 1. The number of ether oxygens (including phenoxy) is 2. The van der Waals surface area contributed by atoms with Gasteiger partial charge in [-0.25, -0.2) is 0 Å². The van der Waals surface area contributed by atoms with Gasteiger partial charge in [0.2, 0.25) is 0 Å². The molecule has 1 saturated carbocycles. The summed E-state index contributed by atoms with van der Waals surface area (Å²) in [4.78, 5) is 37.8. The highest BCUT2D eigenvalue weighted by Gasteiger charge is 2.39. The van der Waals surface area contributed by atoms with Crippen molar-refractivity contribution in [2.24, 2.45) is 11.8 Å². The van der Waals surface area contributed by atoms with Crippen LogP contribution in [-0.4, -0.2) is 104 Å². The molecule has 0 aliphatic heterocycles. The molecule has 0 aromatic rings. The molecular weight excluding hydrogens is 749 g/mol. The van der Waals surface area contributed by atoms with E-state index in [0.717, 1.165) is 64.2 Å². The topological polar surface area (TPSA) is 172 Å². The highest BCUT2D eigenvalue weighted by Crippen LogP contribution is 2.38. The van der Waals surface area contributed by atoms with Crippen molar-refractivity contribution in [2.75, 3.05) is 47.5 Å².